The Morgan fingerprint density at radius 2 is 2.26 bits per heavy atom. The molecule has 4 N–H and O–H groups in total. The Labute approximate surface area is 116 Å². The van der Waals surface area contributed by atoms with Gasteiger partial charge in [0.2, 0.25) is 0 Å². The Bertz CT molecular complexity index is 491. The van der Waals surface area contributed by atoms with Crippen molar-refractivity contribution >= 4 is 29.2 Å². The first-order chi connectivity index (χ1) is 8.93. The number of carbonyl (C=O) groups is 1. The van der Waals surface area contributed by atoms with E-state index in [0.29, 0.717) is 23.7 Å². The van der Waals surface area contributed by atoms with Gasteiger partial charge in [-0.05, 0) is 24.6 Å². The molecule has 0 bridgehead atoms. The van der Waals surface area contributed by atoms with E-state index in [4.69, 9.17) is 22.5 Å². The van der Waals surface area contributed by atoms with Gasteiger partial charge in [0.05, 0.1) is 0 Å². The number of benzene rings is 1. The Kier molecular flexibility index (Phi) is 5.44. The molecule has 7 heteroatoms. The molecule has 19 heavy (non-hydrogen) atoms. The number of urea groups is 1. The number of nitrogens with one attached hydrogen (secondary N) is 1. The summed E-state index contributed by atoms with van der Waals surface area (Å²) in [7, 11) is 1.62. The van der Waals surface area contributed by atoms with Gasteiger partial charge in [-0.15, -0.1) is 0 Å². The van der Waals surface area contributed by atoms with Gasteiger partial charge in [0.1, 0.15) is 5.84 Å². The van der Waals surface area contributed by atoms with Crippen LogP contribution in [0.5, 0.6) is 0 Å². The van der Waals surface area contributed by atoms with E-state index in [1.54, 1.807) is 19.2 Å². The highest BCUT2D eigenvalue weighted by atomic mass is 35.5. The summed E-state index contributed by atoms with van der Waals surface area (Å²) in [6, 6.07) is 5.00. The SMILES string of the molecule is Cc1ccc(NC(=O)N(C)CC/C(N)=N/O)cc1Cl. The molecule has 0 radical (unpaired) electrons. The second kappa shape index (κ2) is 6.84. The minimum absolute atomic E-state index is 0.0815. The third-order valence-corrected chi connectivity index (χ3v) is 3.01. The lowest BCUT2D eigenvalue weighted by molar-refractivity contribution is 0.223. The predicted octanol–water partition coefficient (Wildman–Crippen LogP) is 2.25. The molecular formula is C12H17ClN4O2. The lowest BCUT2D eigenvalue weighted by Gasteiger charge is -2.17. The van der Waals surface area contributed by atoms with Crippen molar-refractivity contribution in [3.05, 3.63) is 28.8 Å². The van der Waals surface area contributed by atoms with Gasteiger partial charge in [-0.3, -0.25) is 0 Å². The molecule has 0 aliphatic heterocycles. The molecule has 0 unspecified atom stereocenters. The molecule has 0 saturated heterocycles. The van der Waals surface area contributed by atoms with Crippen molar-refractivity contribution < 1.29 is 10.0 Å². The summed E-state index contributed by atoms with van der Waals surface area (Å²) in [5.74, 6) is 0.0815. The molecule has 1 aromatic carbocycles. The van der Waals surface area contributed by atoms with E-state index in [1.807, 2.05) is 13.0 Å². The number of hydrogen-bond donors (Lipinski definition) is 3. The molecule has 0 heterocycles. The average molecular weight is 285 g/mol. The Hall–Kier alpha value is -1.95. The van der Waals surface area contributed by atoms with Crippen LogP contribution >= 0.6 is 11.6 Å². The molecule has 0 aliphatic carbocycles. The fourth-order valence-electron chi connectivity index (χ4n) is 1.32. The number of aryl methyl sites for hydroxylation is 1. The number of hydrogen-bond acceptors (Lipinski definition) is 3. The second-order valence-corrected chi connectivity index (χ2v) is 4.56. The van der Waals surface area contributed by atoms with Crippen molar-refractivity contribution in [2.75, 3.05) is 18.9 Å². The molecule has 0 atom stereocenters. The Morgan fingerprint density at radius 1 is 1.58 bits per heavy atom. The highest BCUT2D eigenvalue weighted by molar-refractivity contribution is 6.31. The molecule has 0 saturated carbocycles. The van der Waals surface area contributed by atoms with Crippen molar-refractivity contribution in [3.8, 4) is 0 Å². The highest BCUT2D eigenvalue weighted by Gasteiger charge is 2.09. The summed E-state index contributed by atoms with van der Waals surface area (Å²) in [5, 5.41) is 14.6. The summed E-state index contributed by atoms with van der Waals surface area (Å²) in [4.78, 5) is 13.3. The van der Waals surface area contributed by atoms with Crippen molar-refractivity contribution in [2.24, 2.45) is 10.9 Å². The number of anilines is 1. The highest BCUT2D eigenvalue weighted by Crippen LogP contribution is 2.20. The van der Waals surface area contributed by atoms with Crippen molar-refractivity contribution in [2.45, 2.75) is 13.3 Å². The molecule has 1 rings (SSSR count). The van der Waals surface area contributed by atoms with Gasteiger partial charge in [0, 0.05) is 30.7 Å². The molecule has 0 spiro atoms. The van der Waals surface area contributed by atoms with Crippen molar-refractivity contribution in [1.82, 2.24) is 4.90 Å². The maximum Gasteiger partial charge on any atom is 0.321 e. The van der Waals surface area contributed by atoms with Gasteiger partial charge in [0.25, 0.3) is 0 Å². The zero-order valence-electron chi connectivity index (χ0n) is 10.9. The van der Waals surface area contributed by atoms with Crippen LogP contribution < -0.4 is 11.1 Å². The normalized spacial score (nSPS) is 11.2. The van der Waals surface area contributed by atoms with E-state index in [9.17, 15) is 4.79 Å². The average Bonchev–Trinajstić information content (AvgIpc) is 2.39. The van der Waals surface area contributed by atoms with Crippen LogP contribution in [0.3, 0.4) is 0 Å². The number of amidine groups is 1. The summed E-state index contributed by atoms with van der Waals surface area (Å²) in [6.07, 6.45) is 0.301. The number of halogens is 1. The van der Waals surface area contributed by atoms with Crippen LogP contribution in [0.1, 0.15) is 12.0 Å². The molecular weight excluding hydrogens is 268 g/mol. The molecule has 0 aromatic heterocycles. The topological polar surface area (TPSA) is 91.0 Å². The van der Waals surface area contributed by atoms with Crippen LogP contribution in [0.2, 0.25) is 5.02 Å². The summed E-state index contributed by atoms with van der Waals surface area (Å²) >= 11 is 5.97. The van der Waals surface area contributed by atoms with Crippen molar-refractivity contribution in [3.63, 3.8) is 0 Å². The quantitative estimate of drug-likeness (QED) is 0.343. The summed E-state index contributed by atoms with van der Waals surface area (Å²) in [5.41, 5.74) is 6.90. The summed E-state index contributed by atoms with van der Waals surface area (Å²) < 4.78 is 0. The number of oxime groups is 1. The Morgan fingerprint density at radius 3 is 2.84 bits per heavy atom. The number of rotatable bonds is 4. The first-order valence-corrected chi connectivity index (χ1v) is 6.06. The third kappa shape index (κ3) is 4.67. The van der Waals surface area contributed by atoms with Gasteiger partial charge in [-0.2, -0.15) is 0 Å². The van der Waals surface area contributed by atoms with E-state index in [-0.39, 0.29) is 11.9 Å². The van der Waals surface area contributed by atoms with Crippen LogP contribution in [0.15, 0.2) is 23.4 Å². The monoisotopic (exact) mass is 284 g/mol. The second-order valence-electron chi connectivity index (χ2n) is 4.16. The van der Waals surface area contributed by atoms with Gasteiger partial charge in [0.15, 0.2) is 0 Å². The molecule has 0 fully saturated rings. The van der Waals surface area contributed by atoms with Crippen LogP contribution in [0.4, 0.5) is 10.5 Å². The number of nitrogens with zero attached hydrogens (tertiary/aromatic N) is 2. The van der Waals surface area contributed by atoms with E-state index in [0.717, 1.165) is 5.56 Å². The predicted molar refractivity (Wildman–Crippen MR) is 75.9 cm³/mol. The van der Waals surface area contributed by atoms with Crippen LogP contribution in [0, 0.1) is 6.92 Å². The third-order valence-electron chi connectivity index (χ3n) is 2.60. The van der Waals surface area contributed by atoms with Gasteiger partial charge in [-0.25, -0.2) is 4.79 Å². The van der Waals surface area contributed by atoms with E-state index < -0.39 is 0 Å². The summed E-state index contributed by atoms with van der Waals surface area (Å²) in [6.45, 7) is 2.23. The molecule has 0 aliphatic rings. The lowest BCUT2D eigenvalue weighted by Crippen LogP contribution is -2.34. The zero-order chi connectivity index (χ0) is 14.4. The van der Waals surface area contributed by atoms with E-state index in [2.05, 4.69) is 10.5 Å². The molecule has 6 nitrogen and oxygen atoms in total. The fraction of sp³-hybridized carbons (Fsp3) is 0.333. The minimum atomic E-state index is -0.286. The van der Waals surface area contributed by atoms with Crippen LogP contribution in [-0.2, 0) is 0 Å². The zero-order valence-corrected chi connectivity index (χ0v) is 11.6. The molecule has 2 amide bonds. The smallest absolute Gasteiger partial charge is 0.321 e. The van der Waals surface area contributed by atoms with Gasteiger partial charge >= 0.3 is 6.03 Å². The molecule has 104 valence electrons. The standard InChI is InChI=1S/C12H17ClN4O2/c1-8-3-4-9(7-10(8)13)15-12(18)17(2)6-5-11(14)16-19/h3-4,7,19H,5-6H2,1-2H3,(H2,14,16)(H,15,18). The van der Waals surface area contributed by atoms with Gasteiger partial charge < -0.3 is 21.2 Å². The first kappa shape index (κ1) is 15.1. The van der Waals surface area contributed by atoms with Crippen LogP contribution in [0.25, 0.3) is 0 Å². The lowest BCUT2D eigenvalue weighted by atomic mass is 10.2. The number of amides is 2. The maximum atomic E-state index is 11.8. The first-order valence-electron chi connectivity index (χ1n) is 5.68. The van der Waals surface area contributed by atoms with E-state index >= 15 is 0 Å². The van der Waals surface area contributed by atoms with Crippen molar-refractivity contribution in [1.29, 1.82) is 0 Å². The fourth-order valence-corrected chi connectivity index (χ4v) is 1.50. The van der Waals surface area contributed by atoms with Crippen LogP contribution in [-0.4, -0.2) is 35.6 Å². The number of carbonyl (C=O) groups excluding carboxylic acids is 1. The Balaban J connectivity index is 2.56. The van der Waals surface area contributed by atoms with E-state index in [1.165, 1.54) is 4.90 Å². The number of nitrogens with two attached hydrogens (primary N) is 1. The minimum Gasteiger partial charge on any atom is -0.409 e. The van der Waals surface area contributed by atoms with Gasteiger partial charge in [-0.1, -0.05) is 22.8 Å². The maximum absolute atomic E-state index is 11.8. The largest absolute Gasteiger partial charge is 0.409 e. The molecule has 1 aromatic rings.